The summed E-state index contributed by atoms with van der Waals surface area (Å²) in [6.07, 6.45) is 1.91. The number of rotatable bonds is 5. The van der Waals surface area contributed by atoms with Gasteiger partial charge in [0.05, 0.1) is 5.69 Å². The molecule has 1 aromatic carbocycles. The number of carbonyl (C=O) groups is 1. The highest BCUT2D eigenvalue weighted by Crippen LogP contribution is 2.19. The van der Waals surface area contributed by atoms with E-state index in [1.807, 2.05) is 30.3 Å². The van der Waals surface area contributed by atoms with Crippen LogP contribution in [0, 0.1) is 0 Å². The number of hydrogen-bond acceptors (Lipinski definition) is 3. The van der Waals surface area contributed by atoms with E-state index in [9.17, 15) is 4.79 Å². The van der Waals surface area contributed by atoms with Crippen molar-refractivity contribution in [2.45, 2.75) is 12.8 Å². The van der Waals surface area contributed by atoms with E-state index in [0.29, 0.717) is 24.4 Å². The Morgan fingerprint density at radius 2 is 2.00 bits per heavy atom. The van der Waals surface area contributed by atoms with Crippen molar-refractivity contribution < 1.29 is 9.90 Å². The Morgan fingerprint density at radius 3 is 2.70 bits per heavy atom. The highest BCUT2D eigenvalue weighted by molar-refractivity contribution is 6.30. The van der Waals surface area contributed by atoms with Crippen LogP contribution >= 0.6 is 11.6 Å². The number of nitrogens with zero attached hydrogens (tertiary/aromatic N) is 2. The standard InChI is InChI=1S/C14H14ClN3O2/c15-11-5-3-10(4-6-11)13-8-12(17-9-18-13)2-1-7-16-14(19)20/h3-6,8-9,16H,1-2,7H2,(H,19,20). The lowest BCUT2D eigenvalue weighted by Crippen LogP contribution is -2.22. The average molecular weight is 292 g/mol. The first kappa shape index (κ1) is 14.3. The lowest BCUT2D eigenvalue weighted by atomic mass is 10.1. The molecule has 0 aliphatic carbocycles. The van der Waals surface area contributed by atoms with Gasteiger partial charge in [0.15, 0.2) is 0 Å². The molecule has 6 heteroatoms. The number of amides is 1. The fraction of sp³-hybridized carbons (Fsp3) is 0.214. The maximum atomic E-state index is 10.3. The Bertz CT molecular complexity index is 587. The summed E-state index contributed by atoms with van der Waals surface area (Å²) in [6.45, 7) is 0.412. The molecule has 20 heavy (non-hydrogen) atoms. The minimum atomic E-state index is -1.01. The molecule has 0 radical (unpaired) electrons. The topological polar surface area (TPSA) is 75.1 Å². The van der Waals surface area contributed by atoms with Crippen LogP contribution in [0.5, 0.6) is 0 Å². The molecular formula is C14H14ClN3O2. The molecule has 0 fully saturated rings. The minimum absolute atomic E-state index is 0.412. The first-order valence-electron chi connectivity index (χ1n) is 6.19. The second-order valence-corrected chi connectivity index (χ2v) is 4.67. The van der Waals surface area contributed by atoms with Crippen molar-refractivity contribution in [2.24, 2.45) is 0 Å². The Morgan fingerprint density at radius 1 is 1.25 bits per heavy atom. The van der Waals surface area contributed by atoms with Gasteiger partial charge in [-0.15, -0.1) is 0 Å². The lowest BCUT2D eigenvalue weighted by molar-refractivity contribution is 0.194. The molecule has 104 valence electrons. The molecule has 0 unspecified atom stereocenters. The van der Waals surface area contributed by atoms with Gasteiger partial charge in [0, 0.05) is 22.8 Å². The summed E-state index contributed by atoms with van der Waals surface area (Å²) in [5.41, 5.74) is 2.69. The SMILES string of the molecule is O=C(O)NCCCc1cc(-c2ccc(Cl)cc2)ncn1. The van der Waals surface area contributed by atoms with Crippen LogP contribution in [0.25, 0.3) is 11.3 Å². The first-order chi connectivity index (χ1) is 9.65. The van der Waals surface area contributed by atoms with Gasteiger partial charge in [-0.3, -0.25) is 0 Å². The number of hydrogen-bond donors (Lipinski definition) is 2. The van der Waals surface area contributed by atoms with E-state index in [2.05, 4.69) is 15.3 Å². The van der Waals surface area contributed by atoms with Crippen LogP contribution in [0.3, 0.4) is 0 Å². The molecule has 0 spiro atoms. The molecule has 0 bridgehead atoms. The molecule has 0 saturated heterocycles. The summed E-state index contributed by atoms with van der Waals surface area (Å²) >= 11 is 5.85. The molecule has 0 aliphatic rings. The van der Waals surface area contributed by atoms with E-state index < -0.39 is 6.09 Å². The molecule has 1 amide bonds. The maximum absolute atomic E-state index is 10.3. The molecule has 0 atom stereocenters. The number of aryl methyl sites for hydroxylation is 1. The number of aromatic nitrogens is 2. The van der Waals surface area contributed by atoms with Crippen molar-refractivity contribution in [1.29, 1.82) is 0 Å². The van der Waals surface area contributed by atoms with E-state index in [1.165, 1.54) is 6.33 Å². The van der Waals surface area contributed by atoms with Crippen LogP contribution in [0.4, 0.5) is 4.79 Å². The Kier molecular flexibility index (Phi) is 4.90. The van der Waals surface area contributed by atoms with Crippen LogP contribution in [0.15, 0.2) is 36.7 Å². The van der Waals surface area contributed by atoms with E-state index in [0.717, 1.165) is 17.0 Å². The van der Waals surface area contributed by atoms with Gasteiger partial charge >= 0.3 is 6.09 Å². The van der Waals surface area contributed by atoms with Crippen molar-refractivity contribution in [2.75, 3.05) is 6.54 Å². The predicted molar refractivity (Wildman–Crippen MR) is 76.8 cm³/mol. The summed E-state index contributed by atoms with van der Waals surface area (Å²) in [5, 5.41) is 11.5. The zero-order valence-electron chi connectivity index (χ0n) is 10.7. The third kappa shape index (κ3) is 4.20. The van der Waals surface area contributed by atoms with Gasteiger partial charge in [-0.1, -0.05) is 23.7 Å². The summed E-state index contributed by atoms with van der Waals surface area (Å²) in [5.74, 6) is 0. The second kappa shape index (κ2) is 6.86. The molecule has 2 aromatic rings. The fourth-order valence-corrected chi connectivity index (χ4v) is 1.90. The summed E-state index contributed by atoms with van der Waals surface area (Å²) < 4.78 is 0. The van der Waals surface area contributed by atoms with Gasteiger partial charge in [0.2, 0.25) is 0 Å². The Balaban J connectivity index is 2.00. The molecule has 2 rings (SSSR count). The van der Waals surface area contributed by atoms with Crippen LogP contribution in [-0.4, -0.2) is 27.7 Å². The largest absolute Gasteiger partial charge is 0.465 e. The molecular weight excluding hydrogens is 278 g/mol. The lowest BCUT2D eigenvalue weighted by Gasteiger charge is -2.04. The quantitative estimate of drug-likeness (QED) is 0.830. The van der Waals surface area contributed by atoms with Crippen LogP contribution in [0.1, 0.15) is 12.1 Å². The van der Waals surface area contributed by atoms with Crippen LogP contribution in [0.2, 0.25) is 5.02 Å². The number of carboxylic acid groups (broad SMARTS) is 1. The monoisotopic (exact) mass is 291 g/mol. The van der Waals surface area contributed by atoms with Gasteiger partial charge < -0.3 is 10.4 Å². The smallest absolute Gasteiger partial charge is 0.404 e. The normalized spacial score (nSPS) is 10.2. The van der Waals surface area contributed by atoms with E-state index in [4.69, 9.17) is 16.7 Å². The van der Waals surface area contributed by atoms with Gasteiger partial charge in [-0.25, -0.2) is 14.8 Å². The third-order valence-electron chi connectivity index (χ3n) is 2.75. The zero-order chi connectivity index (χ0) is 14.4. The maximum Gasteiger partial charge on any atom is 0.404 e. The number of benzene rings is 1. The number of nitrogens with one attached hydrogen (secondary N) is 1. The van der Waals surface area contributed by atoms with Gasteiger partial charge in [-0.2, -0.15) is 0 Å². The zero-order valence-corrected chi connectivity index (χ0v) is 11.5. The second-order valence-electron chi connectivity index (χ2n) is 4.24. The molecule has 0 saturated carbocycles. The molecule has 1 heterocycles. The average Bonchev–Trinajstić information content (AvgIpc) is 2.44. The van der Waals surface area contributed by atoms with Crippen LogP contribution < -0.4 is 5.32 Å². The van der Waals surface area contributed by atoms with Crippen LogP contribution in [-0.2, 0) is 6.42 Å². The van der Waals surface area contributed by atoms with Gasteiger partial charge in [0.25, 0.3) is 0 Å². The van der Waals surface area contributed by atoms with Gasteiger partial charge in [-0.05, 0) is 31.0 Å². The van der Waals surface area contributed by atoms with Crippen molar-refractivity contribution >= 4 is 17.7 Å². The first-order valence-corrected chi connectivity index (χ1v) is 6.56. The highest BCUT2D eigenvalue weighted by Gasteiger charge is 2.03. The minimum Gasteiger partial charge on any atom is -0.465 e. The van der Waals surface area contributed by atoms with E-state index in [-0.39, 0.29) is 0 Å². The van der Waals surface area contributed by atoms with Crippen molar-refractivity contribution in [3.63, 3.8) is 0 Å². The Labute approximate surface area is 121 Å². The summed E-state index contributed by atoms with van der Waals surface area (Å²) in [7, 11) is 0. The molecule has 0 aliphatic heterocycles. The third-order valence-corrected chi connectivity index (χ3v) is 3.00. The van der Waals surface area contributed by atoms with E-state index >= 15 is 0 Å². The van der Waals surface area contributed by atoms with Crippen molar-refractivity contribution in [3.05, 3.63) is 47.4 Å². The predicted octanol–water partition coefficient (Wildman–Crippen LogP) is 3.00. The molecule has 2 N–H and O–H groups in total. The van der Waals surface area contributed by atoms with E-state index in [1.54, 1.807) is 0 Å². The van der Waals surface area contributed by atoms with Crippen molar-refractivity contribution in [3.8, 4) is 11.3 Å². The van der Waals surface area contributed by atoms with Crippen molar-refractivity contribution in [1.82, 2.24) is 15.3 Å². The number of halogens is 1. The molecule has 1 aromatic heterocycles. The molecule has 5 nitrogen and oxygen atoms in total. The van der Waals surface area contributed by atoms with Gasteiger partial charge in [0.1, 0.15) is 6.33 Å². The fourth-order valence-electron chi connectivity index (χ4n) is 1.78. The summed E-state index contributed by atoms with van der Waals surface area (Å²) in [4.78, 5) is 18.7. The summed E-state index contributed by atoms with van der Waals surface area (Å²) in [6, 6.07) is 9.34. The highest BCUT2D eigenvalue weighted by atomic mass is 35.5. The Hall–Kier alpha value is -2.14.